The molecule has 0 atom stereocenters. The Bertz CT molecular complexity index is 416. The lowest BCUT2D eigenvalue weighted by Crippen LogP contribution is -2.11. The van der Waals surface area contributed by atoms with Crippen LogP contribution >= 0.6 is 0 Å². The number of carbonyl (C=O) groups excluding carboxylic acids is 1. The standard InChI is InChI=1S/C12H14F3NO2/c1-8(2)18-10-5-9(6-16-7-10)11(17)3-4-12(13,14)15/h5-8H,3-4H2,1-2H3. The van der Waals surface area contributed by atoms with Gasteiger partial charge in [-0.05, 0) is 19.9 Å². The van der Waals surface area contributed by atoms with Crippen molar-refractivity contribution in [3.63, 3.8) is 0 Å². The van der Waals surface area contributed by atoms with E-state index >= 15 is 0 Å². The molecule has 0 bridgehead atoms. The van der Waals surface area contributed by atoms with Crippen molar-refractivity contribution < 1.29 is 22.7 Å². The highest BCUT2D eigenvalue weighted by Crippen LogP contribution is 2.23. The SMILES string of the molecule is CC(C)Oc1cncc(C(=O)CCC(F)(F)F)c1. The minimum absolute atomic E-state index is 0.0904. The largest absolute Gasteiger partial charge is 0.489 e. The summed E-state index contributed by atoms with van der Waals surface area (Å²) in [7, 11) is 0. The van der Waals surface area contributed by atoms with Gasteiger partial charge in [-0.25, -0.2) is 0 Å². The van der Waals surface area contributed by atoms with Crippen LogP contribution in [0.25, 0.3) is 0 Å². The lowest BCUT2D eigenvalue weighted by atomic mass is 10.1. The fourth-order valence-electron chi connectivity index (χ4n) is 1.31. The highest BCUT2D eigenvalue weighted by molar-refractivity contribution is 5.96. The molecule has 0 unspecified atom stereocenters. The lowest BCUT2D eigenvalue weighted by molar-refractivity contribution is -0.133. The molecule has 0 aromatic carbocycles. The van der Waals surface area contributed by atoms with Crippen molar-refractivity contribution in [2.75, 3.05) is 0 Å². The summed E-state index contributed by atoms with van der Waals surface area (Å²) in [6.07, 6.45) is -3.45. The second-order valence-corrected chi connectivity index (χ2v) is 4.11. The number of alkyl halides is 3. The van der Waals surface area contributed by atoms with E-state index in [-0.39, 0.29) is 11.7 Å². The normalized spacial score (nSPS) is 11.7. The average Bonchev–Trinajstić information content (AvgIpc) is 2.24. The number of carbonyl (C=O) groups is 1. The fourth-order valence-corrected chi connectivity index (χ4v) is 1.31. The molecule has 18 heavy (non-hydrogen) atoms. The lowest BCUT2D eigenvalue weighted by Gasteiger charge is -2.10. The first-order valence-corrected chi connectivity index (χ1v) is 5.49. The molecule has 0 aliphatic heterocycles. The Morgan fingerprint density at radius 1 is 1.39 bits per heavy atom. The number of nitrogens with zero attached hydrogens (tertiary/aromatic N) is 1. The molecule has 0 N–H and O–H groups in total. The number of ether oxygens (including phenoxy) is 1. The molecule has 0 saturated carbocycles. The maximum absolute atomic E-state index is 12.0. The second-order valence-electron chi connectivity index (χ2n) is 4.11. The molecule has 0 fully saturated rings. The first-order valence-electron chi connectivity index (χ1n) is 5.49. The van der Waals surface area contributed by atoms with Crippen LogP contribution in [0.5, 0.6) is 5.75 Å². The molecule has 1 heterocycles. The van der Waals surface area contributed by atoms with Crippen molar-refractivity contribution in [1.29, 1.82) is 0 Å². The Balaban J connectivity index is 2.68. The Labute approximate surface area is 103 Å². The zero-order valence-corrected chi connectivity index (χ0v) is 10.1. The van der Waals surface area contributed by atoms with Crippen LogP contribution in [0.2, 0.25) is 0 Å². The second kappa shape index (κ2) is 5.84. The summed E-state index contributed by atoms with van der Waals surface area (Å²) < 4.78 is 41.3. The summed E-state index contributed by atoms with van der Waals surface area (Å²) >= 11 is 0. The number of pyridine rings is 1. The molecule has 0 aliphatic carbocycles. The molecule has 1 rings (SSSR count). The molecule has 0 spiro atoms. The zero-order chi connectivity index (χ0) is 13.8. The predicted molar refractivity (Wildman–Crippen MR) is 59.6 cm³/mol. The van der Waals surface area contributed by atoms with Gasteiger partial charge in [-0.15, -0.1) is 0 Å². The summed E-state index contributed by atoms with van der Waals surface area (Å²) in [5.74, 6) is -0.211. The average molecular weight is 261 g/mol. The van der Waals surface area contributed by atoms with Gasteiger partial charge in [0.25, 0.3) is 0 Å². The minimum Gasteiger partial charge on any atom is -0.489 e. The summed E-state index contributed by atoms with van der Waals surface area (Å²) in [6, 6.07) is 1.41. The van der Waals surface area contributed by atoms with Gasteiger partial charge < -0.3 is 4.74 Å². The van der Waals surface area contributed by atoms with Crippen molar-refractivity contribution in [2.24, 2.45) is 0 Å². The molecule has 1 aromatic rings. The molecule has 0 radical (unpaired) electrons. The van der Waals surface area contributed by atoms with Gasteiger partial charge in [0, 0.05) is 18.2 Å². The summed E-state index contributed by atoms with van der Waals surface area (Å²) in [4.78, 5) is 15.3. The van der Waals surface area contributed by atoms with Gasteiger partial charge in [-0.2, -0.15) is 13.2 Å². The minimum atomic E-state index is -4.32. The van der Waals surface area contributed by atoms with Gasteiger partial charge >= 0.3 is 6.18 Å². The molecular formula is C12H14F3NO2. The Morgan fingerprint density at radius 2 is 2.06 bits per heavy atom. The highest BCUT2D eigenvalue weighted by Gasteiger charge is 2.28. The number of halogens is 3. The Hall–Kier alpha value is -1.59. The molecule has 0 saturated heterocycles. The fraction of sp³-hybridized carbons (Fsp3) is 0.500. The van der Waals surface area contributed by atoms with Crippen molar-refractivity contribution in [2.45, 2.75) is 39.0 Å². The van der Waals surface area contributed by atoms with E-state index < -0.39 is 24.8 Å². The first-order chi connectivity index (χ1) is 8.28. The summed E-state index contributed by atoms with van der Waals surface area (Å²) in [6.45, 7) is 3.61. The molecule has 3 nitrogen and oxygen atoms in total. The number of hydrogen-bond donors (Lipinski definition) is 0. The smallest absolute Gasteiger partial charge is 0.389 e. The van der Waals surface area contributed by atoms with Crippen molar-refractivity contribution in [1.82, 2.24) is 4.98 Å². The maximum atomic E-state index is 12.0. The summed E-state index contributed by atoms with van der Waals surface area (Å²) in [5.41, 5.74) is 0.136. The van der Waals surface area contributed by atoms with Crippen LogP contribution in [-0.4, -0.2) is 23.0 Å². The number of hydrogen-bond acceptors (Lipinski definition) is 3. The number of Topliss-reactive ketones (excluding diaryl/α,β-unsaturated/α-hetero) is 1. The molecule has 6 heteroatoms. The number of aromatic nitrogens is 1. The molecular weight excluding hydrogens is 247 g/mol. The molecule has 0 amide bonds. The third kappa shape index (κ3) is 5.16. The van der Waals surface area contributed by atoms with Crippen LogP contribution in [0, 0.1) is 0 Å². The molecule has 0 aliphatic rings. The van der Waals surface area contributed by atoms with Crippen molar-refractivity contribution in [3.8, 4) is 5.75 Å². The van der Waals surface area contributed by atoms with Crippen molar-refractivity contribution in [3.05, 3.63) is 24.0 Å². The van der Waals surface area contributed by atoms with Gasteiger partial charge in [0.05, 0.1) is 18.7 Å². The maximum Gasteiger partial charge on any atom is 0.389 e. The highest BCUT2D eigenvalue weighted by atomic mass is 19.4. The van der Waals surface area contributed by atoms with Crippen LogP contribution in [0.1, 0.15) is 37.0 Å². The van der Waals surface area contributed by atoms with Gasteiger partial charge in [0.1, 0.15) is 5.75 Å². The Kier molecular flexibility index (Phi) is 4.69. The van der Waals surface area contributed by atoms with Gasteiger partial charge in [-0.3, -0.25) is 9.78 Å². The van der Waals surface area contributed by atoms with Gasteiger partial charge in [-0.1, -0.05) is 0 Å². The topological polar surface area (TPSA) is 39.2 Å². The third-order valence-corrected chi connectivity index (χ3v) is 2.04. The third-order valence-electron chi connectivity index (χ3n) is 2.04. The van der Waals surface area contributed by atoms with Gasteiger partial charge in [0.2, 0.25) is 0 Å². The predicted octanol–water partition coefficient (Wildman–Crippen LogP) is 3.39. The quantitative estimate of drug-likeness (QED) is 0.762. The van der Waals surface area contributed by atoms with Crippen LogP contribution in [0.4, 0.5) is 13.2 Å². The van der Waals surface area contributed by atoms with Crippen LogP contribution in [0.15, 0.2) is 18.5 Å². The first kappa shape index (κ1) is 14.5. The van der Waals surface area contributed by atoms with E-state index in [1.165, 1.54) is 18.5 Å². The van der Waals surface area contributed by atoms with Crippen LogP contribution < -0.4 is 4.74 Å². The number of ketones is 1. The summed E-state index contributed by atoms with van der Waals surface area (Å²) in [5, 5.41) is 0. The van der Waals surface area contributed by atoms with Crippen LogP contribution in [-0.2, 0) is 0 Å². The van der Waals surface area contributed by atoms with E-state index in [9.17, 15) is 18.0 Å². The molecule has 100 valence electrons. The Morgan fingerprint density at radius 3 is 2.61 bits per heavy atom. The van der Waals surface area contributed by atoms with E-state index in [1.807, 2.05) is 0 Å². The van der Waals surface area contributed by atoms with Gasteiger partial charge in [0.15, 0.2) is 5.78 Å². The monoisotopic (exact) mass is 261 g/mol. The van der Waals surface area contributed by atoms with E-state index in [2.05, 4.69) is 4.98 Å². The number of rotatable bonds is 5. The van der Waals surface area contributed by atoms with E-state index in [0.29, 0.717) is 5.75 Å². The van der Waals surface area contributed by atoms with Crippen LogP contribution in [0.3, 0.4) is 0 Å². The van der Waals surface area contributed by atoms with Crippen molar-refractivity contribution >= 4 is 5.78 Å². The van der Waals surface area contributed by atoms with E-state index in [1.54, 1.807) is 13.8 Å². The van der Waals surface area contributed by atoms with E-state index in [4.69, 9.17) is 4.74 Å². The van der Waals surface area contributed by atoms with E-state index in [0.717, 1.165) is 0 Å². The zero-order valence-electron chi connectivity index (χ0n) is 10.1. The molecule has 1 aromatic heterocycles.